The fourth-order valence-corrected chi connectivity index (χ4v) is 2.20. The summed E-state index contributed by atoms with van der Waals surface area (Å²) in [5.74, 6) is 1.79. The summed E-state index contributed by atoms with van der Waals surface area (Å²) in [5, 5.41) is 3.47. The summed E-state index contributed by atoms with van der Waals surface area (Å²) >= 11 is 3.48. The number of benzene rings is 1. The van der Waals surface area contributed by atoms with Crippen LogP contribution in [0.3, 0.4) is 0 Å². The molecule has 2 rings (SSSR count). The van der Waals surface area contributed by atoms with Crippen molar-refractivity contribution in [1.82, 2.24) is 0 Å². The second kappa shape index (κ2) is 5.58. The Balaban J connectivity index is 1.94. The molecule has 0 aliphatic heterocycles. The van der Waals surface area contributed by atoms with E-state index in [4.69, 9.17) is 4.74 Å². The maximum atomic E-state index is 5.54. The molecule has 1 N–H and O–H groups in total. The molecule has 1 saturated carbocycles. The molecule has 88 valence electrons. The predicted octanol–water partition coefficient (Wildman–Crippen LogP) is 4.06. The highest BCUT2D eigenvalue weighted by atomic mass is 79.9. The number of nitrogens with one attached hydrogen (secondary N) is 1. The third kappa shape index (κ3) is 2.91. The minimum atomic E-state index is 0.699. The van der Waals surface area contributed by atoms with Crippen LogP contribution in [0.25, 0.3) is 0 Å². The van der Waals surface area contributed by atoms with Crippen LogP contribution < -0.4 is 10.1 Å². The molecule has 0 heterocycles. The molecule has 1 fully saturated rings. The minimum absolute atomic E-state index is 0.699. The van der Waals surface area contributed by atoms with Crippen LogP contribution in [0.4, 0.5) is 5.69 Å². The predicted molar refractivity (Wildman–Crippen MR) is 71.1 cm³/mol. The molecule has 0 unspecified atom stereocenters. The van der Waals surface area contributed by atoms with Gasteiger partial charge in [0.15, 0.2) is 0 Å². The third-order valence-corrected chi connectivity index (χ3v) is 3.71. The Morgan fingerprint density at radius 2 is 2.25 bits per heavy atom. The summed E-state index contributed by atoms with van der Waals surface area (Å²) in [6.45, 7) is 3.79. The van der Waals surface area contributed by atoms with Crippen LogP contribution in [-0.2, 0) is 0 Å². The van der Waals surface area contributed by atoms with E-state index in [9.17, 15) is 0 Å². The molecule has 0 radical (unpaired) electrons. The number of hydrogen-bond acceptors (Lipinski definition) is 2. The Labute approximate surface area is 106 Å². The van der Waals surface area contributed by atoms with Crippen LogP contribution in [0, 0.1) is 5.92 Å². The Bertz CT molecular complexity index is 350. The molecule has 2 nitrogen and oxygen atoms in total. The highest BCUT2D eigenvalue weighted by Gasteiger charge is 2.16. The van der Waals surface area contributed by atoms with Crippen LogP contribution >= 0.6 is 15.9 Å². The molecule has 1 aromatic rings. The largest absolute Gasteiger partial charge is 0.493 e. The zero-order valence-corrected chi connectivity index (χ0v) is 11.2. The van der Waals surface area contributed by atoms with Crippen molar-refractivity contribution < 1.29 is 4.74 Å². The van der Waals surface area contributed by atoms with E-state index in [1.54, 1.807) is 0 Å². The first kappa shape index (κ1) is 11.8. The van der Waals surface area contributed by atoms with Gasteiger partial charge in [0.2, 0.25) is 0 Å². The van der Waals surface area contributed by atoms with E-state index in [1.807, 2.05) is 13.0 Å². The van der Waals surface area contributed by atoms with Gasteiger partial charge in [-0.1, -0.05) is 6.42 Å². The minimum Gasteiger partial charge on any atom is -0.493 e. The fourth-order valence-electron chi connectivity index (χ4n) is 1.84. The molecule has 0 amide bonds. The lowest BCUT2D eigenvalue weighted by Gasteiger charge is -2.26. The van der Waals surface area contributed by atoms with Gasteiger partial charge in [0.1, 0.15) is 5.75 Å². The standard InChI is InChI=1S/C13H18BrNO/c1-2-16-13-8-11(6-7-12(13)14)15-9-10-4-3-5-10/h6-8,10,15H,2-5,9H2,1H3. The van der Waals surface area contributed by atoms with Gasteiger partial charge in [0.05, 0.1) is 11.1 Å². The highest BCUT2D eigenvalue weighted by Crippen LogP contribution is 2.30. The zero-order chi connectivity index (χ0) is 11.4. The van der Waals surface area contributed by atoms with Crippen molar-refractivity contribution >= 4 is 21.6 Å². The van der Waals surface area contributed by atoms with E-state index in [0.29, 0.717) is 6.61 Å². The number of ether oxygens (including phenoxy) is 1. The highest BCUT2D eigenvalue weighted by molar-refractivity contribution is 9.10. The quantitative estimate of drug-likeness (QED) is 0.880. The number of halogens is 1. The molecule has 0 saturated heterocycles. The summed E-state index contributed by atoms with van der Waals surface area (Å²) in [7, 11) is 0. The topological polar surface area (TPSA) is 21.3 Å². The van der Waals surface area contributed by atoms with Gasteiger partial charge >= 0.3 is 0 Å². The molecule has 0 atom stereocenters. The van der Waals surface area contributed by atoms with Crippen molar-refractivity contribution in [3.05, 3.63) is 22.7 Å². The van der Waals surface area contributed by atoms with E-state index < -0.39 is 0 Å². The van der Waals surface area contributed by atoms with Crippen LogP contribution in [0.1, 0.15) is 26.2 Å². The lowest BCUT2D eigenvalue weighted by molar-refractivity contribution is 0.332. The molecule has 16 heavy (non-hydrogen) atoms. The van der Waals surface area contributed by atoms with E-state index in [2.05, 4.69) is 33.4 Å². The first-order valence-electron chi connectivity index (χ1n) is 5.96. The van der Waals surface area contributed by atoms with Gasteiger partial charge in [-0.05, 0) is 53.7 Å². The second-order valence-electron chi connectivity index (χ2n) is 4.26. The lowest BCUT2D eigenvalue weighted by Crippen LogP contribution is -2.20. The first-order chi connectivity index (χ1) is 7.79. The Morgan fingerprint density at radius 3 is 2.88 bits per heavy atom. The Morgan fingerprint density at radius 1 is 1.44 bits per heavy atom. The molecular formula is C13H18BrNO. The van der Waals surface area contributed by atoms with Crippen molar-refractivity contribution in [1.29, 1.82) is 0 Å². The molecule has 1 aromatic carbocycles. The summed E-state index contributed by atoms with van der Waals surface area (Å²) in [6.07, 6.45) is 4.15. The maximum Gasteiger partial charge on any atom is 0.135 e. The summed E-state index contributed by atoms with van der Waals surface area (Å²) in [5.41, 5.74) is 1.15. The number of hydrogen-bond donors (Lipinski definition) is 1. The van der Waals surface area contributed by atoms with Gasteiger partial charge in [0, 0.05) is 18.3 Å². The van der Waals surface area contributed by atoms with Gasteiger partial charge in [-0.25, -0.2) is 0 Å². The van der Waals surface area contributed by atoms with Crippen LogP contribution in [0.15, 0.2) is 22.7 Å². The zero-order valence-electron chi connectivity index (χ0n) is 9.63. The average molecular weight is 284 g/mol. The van der Waals surface area contributed by atoms with Crippen molar-refractivity contribution in [3.8, 4) is 5.75 Å². The van der Waals surface area contributed by atoms with Crippen molar-refractivity contribution in [3.63, 3.8) is 0 Å². The Hall–Kier alpha value is -0.700. The smallest absolute Gasteiger partial charge is 0.135 e. The van der Waals surface area contributed by atoms with Gasteiger partial charge in [-0.2, -0.15) is 0 Å². The third-order valence-electron chi connectivity index (χ3n) is 3.05. The van der Waals surface area contributed by atoms with E-state index >= 15 is 0 Å². The molecule has 1 aliphatic rings. The average Bonchev–Trinajstić information content (AvgIpc) is 2.21. The summed E-state index contributed by atoms with van der Waals surface area (Å²) < 4.78 is 6.55. The van der Waals surface area contributed by atoms with Gasteiger partial charge in [0.25, 0.3) is 0 Å². The van der Waals surface area contributed by atoms with Gasteiger partial charge < -0.3 is 10.1 Å². The van der Waals surface area contributed by atoms with Crippen molar-refractivity contribution in [2.45, 2.75) is 26.2 Å². The van der Waals surface area contributed by atoms with E-state index in [-0.39, 0.29) is 0 Å². The van der Waals surface area contributed by atoms with E-state index in [0.717, 1.165) is 28.4 Å². The van der Waals surface area contributed by atoms with Crippen LogP contribution in [0.5, 0.6) is 5.75 Å². The van der Waals surface area contributed by atoms with Gasteiger partial charge in [-0.3, -0.25) is 0 Å². The molecule has 0 bridgehead atoms. The van der Waals surface area contributed by atoms with Crippen LogP contribution in [-0.4, -0.2) is 13.2 Å². The monoisotopic (exact) mass is 283 g/mol. The molecule has 0 spiro atoms. The SMILES string of the molecule is CCOc1cc(NCC2CCC2)ccc1Br. The summed E-state index contributed by atoms with van der Waals surface area (Å²) in [4.78, 5) is 0. The second-order valence-corrected chi connectivity index (χ2v) is 5.11. The van der Waals surface area contributed by atoms with Crippen molar-refractivity contribution in [2.75, 3.05) is 18.5 Å². The molecule has 1 aliphatic carbocycles. The molecular weight excluding hydrogens is 266 g/mol. The Kier molecular flexibility index (Phi) is 4.10. The fraction of sp³-hybridized carbons (Fsp3) is 0.538. The summed E-state index contributed by atoms with van der Waals surface area (Å²) in [6, 6.07) is 6.19. The van der Waals surface area contributed by atoms with E-state index in [1.165, 1.54) is 19.3 Å². The maximum absolute atomic E-state index is 5.54. The number of rotatable bonds is 5. The van der Waals surface area contributed by atoms with Gasteiger partial charge in [-0.15, -0.1) is 0 Å². The molecule has 0 aromatic heterocycles. The lowest BCUT2D eigenvalue weighted by atomic mass is 9.85. The van der Waals surface area contributed by atoms with Crippen LogP contribution in [0.2, 0.25) is 0 Å². The van der Waals surface area contributed by atoms with Crippen molar-refractivity contribution in [2.24, 2.45) is 5.92 Å². The number of anilines is 1. The normalized spacial score (nSPS) is 15.6. The first-order valence-corrected chi connectivity index (χ1v) is 6.75. The molecule has 3 heteroatoms.